The van der Waals surface area contributed by atoms with Crippen LogP contribution in [0.3, 0.4) is 0 Å². The highest BCUT2D eigenvalue weighted by Crippen LogP contribution is 2.19. The van der Waals surface area contributed by atoms with Gasteiger partial charge in [-0.05, 0) is 43.2 Å². The molecule has 4 rings (SSSR count). The number of aryl methyl sites for hydroxylation is 1. The standard InChI is InChI=1S/C25H22N4O3/c1-17-9-8-12-20(24(17)30)15-26-29-23(27-22-14-7-6-13-21(22)25(29)31)16-32-28-18(2)19-10-4-3-5-11-19/h3-15,30H,16H2,1-2H3. The van der Waals surface area contributed by atoms with E-state index in [0.29, 0.717) is 33.6 Å². The number of fused-ring (bicyclic) bond motifs is 1. The summed E-state index contributed by atoms with van der Waals surface area (Å²) in [6, 6.07) is 22.0. The molecule has 3 aromatic carbocycles. The first kappa shape index (κ1) is 21.0. The number of oxime groups is 1. The van der Waals surface area contributed by atoms with Crippen LogP contribution in [0.25, 0.3) is 10.9 Å². The second-order valence-electron chi connectivity index (χ2n) is 7.24. The Morgan fingerprint density at radius 3 is 2.62 bits per heavy atom. The van der Waals surface area contributed by atoms with Crippen LogP contribution in [0.5, 0.6) is 5.75 Å². The van der Waals surface area contributed by atoms with Gasteiger partial charge in [0.15, 0.2) is 12.4 Å². The first-order valence-electron chi connectivity index (χ1n) is 10.1. The van der Waals surface area contributed by atoms with Crippen molar-refractivity contribution in [3.05, 3.63) is 106 Å². The van der Waals surface area contributed by atoms with Crippen molar-refractivity contribution >= 4 is 22.8 Å². The van der Waals surface area contributed by atoms with Gasteiger partial charge in [0.25, 0.3) is 5.56 Å². The topological polar surface area (TPSA) is 89.1 Å². The minimum atomic E-state index is -0.332. The van der Waals surface area contributed by atoms with Gasteiger partial charge in [-0.25, -0.2) is 4.98 Å². The Morgan fingerprint density at radius 2 is 1.81 bits per heavy atom. The lowest BCUT2D eigenvalue weighted by atomic mass is 10.1. The molecule has 7 heteroatoms. The molecular formula is C25H22N4O3. The van der Waals surface area contributed by atoms with E-state index >= 15 is 0 Å². The first-order chi connectivity index (χ1) is 15.5. The fourth-order valence-electron chi connectivity index (χ4n) is 3.21. The van der Waals surface area contributed by atoms with E-state index in [1.54, 1.807) is 37.3 Å². The van der Waals surface area contributed by atoms with Crippen LogP contribution in [-0.2, 0) is 11.4 Å². The highest BCUT2D eigenvalue weighted by molar-refractivity contribution is 5.98. The summed E-state index contributed by atoms with van der Waals surface area (Å²) in [5.41, 5.74) is 3.06. The Balaban J connectivity index is 1.70. The van der Waals surface area contributed by atoms with Gasteiger partial charge in [0.2, 0.25) is 0 Å². The van der Waals surface area contributed by atoms with Gasteiger partial charge >= 0.3 is 0 Å². The number of phenolic OH excluding ortho intramolecular Hbond substituents is 1. The molecule has 0 radical (unpaired) electrons. The maximum Gasteiger partial charge on any atom is 0.282 e. The highest BCUT2D eigenvalue weighted by atomic mass is 16.6. The number of nitrogens with zero attached hydrogens (tertiary/aromatic N) is 4. The van der Waals surface area contributed by atoms with Crippen LogP contribution in [0.15, 0.2) is 87.8 Å². The van der Waals surface area contributed by atoms with Crippen molar-refractivity contribution in [3.8, 4) is 5.75 Å². The smallest absolute Gasteiger partial charge is 0.282 e. The molecule has 0 aliphatic carbocycles. The lowest BCUT2D eigenvalue weighted by Gasteiger charge is -2.09. The van der Waals surface area contributed by atoms with Gasteiger partial charge < -0.3 is 9.94 Å². The van der Waals surface area contributed by atoms with Crippen LogP contribution in [0.4, 0.5) is 0 Å². The maximum absolute atomic E-state index is 13.1. The molecule has 4 aromatic rings. The predicted molar refractivity (Wildman–Crippen MR) is 125 cm³/mol. The van der Waals surface area contributed by atoms with Crippen molar-refractivity contribution in [2.45, 2.75) is 20.5 Å². The molecule has 1 aromatic heterocycles. The van der Waals surface area contributed by atoms with Crippen molar-refractivity contribution in [2.75, 3.05) is 0 Å². The Bertz CT molecular complexity index is 1380. The Labute approximate surface area is 184 Å². The quantitative estimate of drug-likeness (QED) is 0.369. The lowest BCUT2D eigenvalue weighted by molar-refractivity contribution is 0.122. The van der Waals surface area contributed by atoms with Gasteiger partial charge in [0.05, 0.1) is 22.8 Å². The summed E-state index contributed by atoms with van der Waals surface area (Å²) in [6.45, 7) is 3.58. The summed E-state index contributed by atoms with van der Waals surface area (Å²) in [6.07, 6.45) is 1.43. The largest absolute Gasteiger partial charge is 0.507 e. The summed E-state index contributed by atoms with van der Waals surface area (Å²) in [4.78, 5) is 23.2. The third-order valence-electron chi connectivity index (χ3n) is 4.99. The number of phenols is 1. The van der Waals surface area contributed by atoms with Gasteiger partial charge in [0.1, 0.15) is 5.75 Å². The van der Waals surface area contributed by atoms with E-state index in [9.17, 15) is 9.90 Å². The average molecular weight is 426 g/mol. The molecule has 0 unspecified atom stereocenters. The fourth-order valence-corrected chi connectivity index (χ4v) is 3.21. The minimum Gasteiger partial charge on any atom is -0.507 e. The molecule has 0 saturated heterocycles. The molecule has 32 heavy (non-hydrogen) atoms. The molecule has 1 heterocycles. The van der Waals surface area contributed by atoms with Crippen molar-refractivity contribution in [1.82, 2.24) is 9.66 Å². The number of aromatic hydroxyl groups is 1. The minimum absolute atomic E-state index is 0.0542. The SMILES string of the molecule is CC(=NOCc1nc2ccccc2c(=O)n1N=Cc1cccc(C)c1O)c1ccccc1. The Kier molecular flexibility index (Phi) is 6.07. The van der Waals surface area contributed by atoms with E-state index in [4.69, 9.17) is 4.84 Å². The van der Waals surface area contributed by atoms with E-state index in [2.05, 4.69) is 15.2 Å². The fraction of sp³-hybridized carbons (Fsp3) is 0.120. The molecule has 0 bridgehead atoms. The zero-order valence-electron chi connectivity index (χ0n) is 17.8. The van der Waals surface area contributed by atoms with Crippen LogP contribution >= 0.6 is 0 Å². The molecule has 160 valence electrons. The molecule has 0 aliphatic rings. The number of benzene rings is 3. The number of rotatable bonds is 6. The third-order valence-corrected chi connectivity index (χ3v) is 4.99. The molecule has 0 aliphatic heterocycles. The number of hydrogen-bond donors (Lipinski definition) is 1. The lowest BCUT2D eigenvalue weighted by Crippen LogP contribution is -2.22. The molecular weight excluding hydrogens is 404 g/mol. The number of aromatic nitrogens is 2. The molecule has 1 N–H and O–H groups in total. The van der Waals surface area contributed by atoms with E-state index < -0.39 is 0 Å². The van der Waals surface area contributed by atoms with Gasteiger partial charge in [0, 0.05) is 5.56 Å². The van der Waals surface area contributed by atoms with Gasteiger partial charge in [-0.15, -0.1) is 0 Å². The summed E-state index contributed by atoms with van der Waals surface area (Å²) in [5, 5.41) is 19.2. The molecule has 0 saturated carbocycles. The van der Waals surface area contributed by atoms with Crippen LogP contribution < -0.4 is 5.56 Å². The van der Waals surface area contributed by atoms with Crippen LogP contribution in [-0.4, -0.2) is 26.7 Å². The second-order valence-corrected chi connectivity index (χ2v) is 7.24. The monoisotopic (exact) mass is 426 g/mol. The summed E-state index contributed by atoms with van der Waals surface area (Å²) >= 11 is 0. The van der Waals surface area contributed by atoms with Crippen molar-refractivity contribution in [3.63, 3.8) is 0 Å². The van der Waals surface area contributed by atoms with E-state index in [1.807, 2.05) is 49.4 Å². The summed E-state index contributed by atoms with van der Waals surface area (Å²) in [5.74, 6) is 0.403. The maximum atomic E-state index is 13.1. The Hall–Kier alpha value is -4.26. The number of hydrogen-bond acceptors (Lipinski definition) is 6. The van der Waals surface area contributed by atoms with Gasteiger partial charge in [-0.2, -0.15) is 9.78 Å². The molecule has 0 fully saturated rings. The van der Waals surface area contributed by atoms with E-state index in [-0.39, 0.29) is 17.9 Å². The van der Waals surface area contributed by atoms with E-state index in [1.165, 1.54) is 10.9 Å². The molecule has 0 atom stereocenters. The van der Waals surface area contributed by atoms with Crippen molar-refractivity contribution in [2.24, 2.45) is 10.3 Å². The second kappa shape index (κ2) is 9.26. The van der Waals surface area contributed by atoms with E-state index in [0.717, 1.165) is 5.56 Å². The van der Waals surface area contributed by atoms with Gasteiger partial charge in [-0.3, -0.25) is 4.79 Å². The predicted octanol–water partition coefficient (Wildman–Crippen LogP) is 4.23. The van der Waals surface area contributed by atoms with Crippen molar-refractivity contribution < 1.29 is 9.94 Å². The zero-order chi connectivity index (χ0) is 22.5. The van der Waals surface area contributed by atoms with Crippen LogP contribution in [0.1, 0.15) is 29.4 Å². The number of para-hydroxylation sites is 2. The molecule has 0 amide bonds. The normalized spacial score (nSPS) is 11.9. The average Bonchev–Trinajstić information content (AvgIpc) is 2.82. The summed E-state index contributed by atoms with van der Waals surface area (Å²) in [7, 11) is 0. The Morgan fingerprint density at radius 1 is 1.06 bits per heavy atom. The summed E-state index contributed by atoms with van der Waals surface area (Å²) < 4.78 is 1.18. The zero-order valence-corrected chi connectivity index (χ0v) is 17.8. The third kappa shape index (κ3) is 4.41. The van der Waals surface area contributed by atoms with Crippen LogP contribution in [0, 0.1) is 6.92 Å². The highest BCUT2D eigenvalue weighted by Gasteiger charge is 2.11. The van der Waals surface area contributed by atoms with Crippen LogP contribution in [0.2, 0.25) is 0 Å². The molecule has 7 nitrogen and oxygen atoms in total. The van der Waals surface area contributed by atoms with Gasteiger partial charge in [-0.1, -0.05) is 59.8 Å². The first-order valence-corrected chi connectivity index (χ1v) is 10.1. The van der Waals surface area contributed by atoms with Crippen molar-refractivity contribution in [1.29, 1.82) is 0 Å². The molecule has 0 spiro atoms.